The molecule has 0 unspecified atom stereocenters. The van der Waals surface area contributed by atoms with E-state index >= 15 is 0 Å². The van der Waals surface area contributed by atoms with E-state index in [0.29, 0.717) is 0 Å². The predicted octanol–water partition coefficient (Wildman–Crippen LogP) is 2.69. The van der Waals surface area contributed by atoms with Crippen molar-refractivity contribution in [3.05, 3.63) is 28.7 Å². The van der Waals surface area contributed by atoms with E-state index in [2.05, 4.69) is 32.8 Å². The van der Waals surface area contributed by atoms with E-state index in [9.17, 15) is 0 Å². The fraction of sp³-hybridized carbons (Fsp3) is 0.333. The molecule has 0 heterocycles. The smallest absolute Gasteiger partial charge is 0.0596 e. The Labute approximate surface area is 91.3 Å². The quantitative estimate of drug-likeness (QED) is 0.651. The van der Waals surface area contributed by atoms with E-state index in [1.165, 1.54) is 4.90 Å². The maximum atomic E-state index is 4.92. The standard InChI is InChI=1S/C9H12BrNOS/c1-12-6-5-11-13-9-4-2-3-8(10)7-9/h2-4,7,11H,5-6H2,1H3. The highest BCUT2D eigenvalue weighted by Crippen LogP contribution is 2.18. The van der Waals surface area contributed by atoms with Crippen LogP contribution in [0.4, 0.5) is 0 Å². The molecule has 1 aromatic rings. The van der Waals surface area contributed by atoms with Gasteiger partial charge in [0, 0.05) is 23.0 Å². The Morgan fingerprint density at radius 2 is 2.38 bits per heavy atom. The van der Waals surface area contributed by atoms with E-state index in [4.69, 9.17) is 4.74 Å². The first-order chi connectivity index (χ1) is 6.33. The van der Waals surface area contributed by atoms with Crippen molar-refractivity contribution in [1.82, 2.24) is 4.72 Å². The van der Waals surface area contributed by atoms with E-state index < -0.39 is 0 Å². The molecule has 0 radical (unpaired) electrons. The lowest BCUT2D eigenvalue weighted by atomic mass is 10.4. The number of methoxy groups -OCH3 is 1. The molecule has 0 bridgehead atoms. The van der Waals surface area contributed by atoms with Crippen LogP contribution in [-0.2, 0) is 4.74 Å². The number of ether oxygens (including phenoxy) is 1. The fourth-order valence-corrected chi connectivity index (χ4v) is 2.04. The SMILES string of the molecule is COCCNSc1cccc(Br)c1. The molecule has 72 valence electrons. The van der Waals surface area contributed by atoms with E-state index in [-0.39, 0.29) is 0 Å². The van der Waals surface area contributed by atoms with Gasteiger partial charge in [0.25, 0.3) is 0 Å². The van der Waals surface area contributed by atoms with Crippen molar-refractivity contribution in [1.29, 1.82) is 0 Å². The highest BCUT2D eigenvalue weighted by molar-refractivity contribution is 9.10. The highest BCUT2D eigenvalue weighted by Gasteiger charge is 1.93. The van der Waals surface area contributed by atoms with Crippen LogP contribution in [0.15, 0.2) is 33.6 Å². The zero-order chi connectivity index (χ0) is 9.52. The normalized spacial score (nSPS) is 10.3. The molecule has 0 aromatic heterocycles. The van der Waals surface area contributed by atoms with Crippen LogP contribution in [0.3, 0.4) is 0 Å². The summed E-state index contributed by atoms with van der Waals surface area (Å²) < 4.78 is 9.22. The Hall–Kier alpha value is -0.0300. The molecule has 0 saturated carbocycles. The number of hydrogen-bond donors (Lipinski definition) is 1. The van der Waals surface area contributed by atoms with Gasteiger partial charge in [0.2, 0.25) is 0 Å². The third-order valence-electron chi connectivity index (χ3n) is 1.39. The number of benzene rings is 1. The first kappa shape index (κ1) is 11.0. The lowest BCUT2D eigenvalue weighted by molar-refractivity contribution is 0.205. The summed E-state index contributed by atoms with van der Waals surface area (Å²) in [6, 6.07) is 8.17. The van der Waals surface area contributed by atoms with Crippen LogP contribution in [-0.4, -0.2) is 20.3 Å². The second-order valence-corrected chi connectivity index (χ2v) is 4.33. The summed E-state index contributed by atoms with van der Waals surface area (Å²) in [6.07, 6.45) is 0. The van der Waals surface area contributed by atoms with E-state index in [1.807, 2.05) is 12.1 Å². The molecule has 0 aliphatic rings. The van der Waals surface area contributed by atoms with Crippen LogP contribution >= 0.6 is 27.9 Å². The molecular formula is C9H12BrNOS. The minimum atomic E-state index is 0.737. The summed E-state index contributed by atoms with van der Waals surface area (Å²) in [5, 5.41) is 0. The Morgan fingerprint density at radius 1 is 1.54 bits per heavy atom. The average molecular weight is 262 g/mol. The van der Waals surface area contributed by atoms with Gasteiger partial charge in [-0.15, -0.1) is 0 Å². The molecule has 2 nitrogen and oxygen atoms in total. The summed E-state index contributed by atoms with van der Waals surface area (Å²) >= 11 is 5.03. The maximum Gasteiger partial charge on any atom is 0.0596 e. The van der Waals surface area contributed by atoms with Gasteiger partial charge >= 0.3 is 0 Å². The molecule has 4 heteroatoms. The zero-order valence-corrected chi connectivity index (χ0v) is 9.82. The first-order valence-electron chi connectivity index (χ1n) is 3.97. The topological polar surface area (TPSA) is 21.3 Å². The summed E-state index contributed by atoms with van der Waals surface area (Å²) in [5.74, 6) is 0. The summed E-state index contributed by atoms with van der Waals surface area (Å²) in [5.41, 5.74) is 0. The molecule has 1 N–H and O–H groups in total. The Morgan fingerprint density at radius 3 is 3.08 bits per heavy atom. The number of halogens is 1. The molecule has 0 aliphatic carbocycles. The summed E-state index contributed by atoms with van der Waals surface area (Å²) in [4.78, 5) is 1.20. The summed E-state index contributed by atoms with van der Waals surface area (Å²) in [6.45, 7) is 1.59. The number of rotatable bonds is 5. The van der Waals surface area contributed by atoms with Gasteiger partial charge in [0.1, 0.15) is 0 Å². The van der Waals surface area contributed by atoms with Crippen molar-refractivity contribution in [3.8, 4) is 0 Å². The van der Waals surface area contributed by atoms with Crippen molar-refractivity contribution in [2.45, 2.75) is 4.90 Å². The van der Waals surface area contributed by atoms with Crippen LogP contribution in [0, 0.1) is 0 Å². The largest absolute Gasteiger partial charge is 0.383 e. The second-order valence-electron chi connectivity index (χ2n) is 2.45. The minimum absolute atomic E-state index is 0.737. The van der Waals surface area contributed by atoms with Gasteiger partial charge in [0.15, 0.2) is 0 Å². The number of hydrogen-bond acceptors (Lipinski definition) is 3. The van der Waals surface area contributed by atoms with Gasteiger partial charge in [-0.25, -0.2) is 0 Å². The second kappa shape index (κ2) is 6.43. The minimum Gasteiger partial charge on any atom is -0.383 e. The third-order valence-corrected chi connectivity index (χ3v) is 2.73. The molecular weight excluding hydrogens is 250 g/mol. The van der Waals surface area contributed by atoms with Gasteiger partial charge in [-0.3, -0.25) is 4.72 Å². The van der Waals surface area contributed by atoms with Crippen LogP contribution < -0.4 is 4.72 Å². The zero-order valence-electron chi connectivity index (χ0n) is 7.42. The Kier molecular flexibility index (Phi) is 5.46. The average Bonchev–Trinajstić information content (AvgIpc) is 2.13. The van der Waals surface area contributed by atoms with Crippen LogP contribution in [0.25, 0.3) is 0 Å². The van der Waals surface area contributed by atoms with Gasteiger partial charge in [-0.1, -0.05) is 22.0 Å². The fourth-order valence-electron chi connectivity index (χ4n) is 0.809. The van der Waals surface area contributed by atoms with Crippen molar-refractivity contribution in [2.24, 2.45) is 0 Å². The molecule has 0 fully saturated rings. The summed E-state index contributed by atoms with van der Waals surface area (Å²) in [7, 11) is 1.70. The first-order valence-corrected chi connectivity index (χ1v) is 5.58. The molecule has 0 amide bonds. The highest BCUT2D eigenvalue weighted by atomic mass is 79.9. The van der Waals surface area contributed by atoms with Gasteiger partial charge in [-0.05, 0) is 30.1 Å². The predicted molar refractivity (Wildman–Crippen MR) is 59.9 cm³/mol. The lowest BCUT2D eigenvalue weighted by Gasteiger charge is -2.03. The molecule has 1 rings (SSSR count). The van der Waals surface area contributed by atoms with Crippen LogP contribution in [0.2, 0.25) is 0 Å². The molecule has 13 heavy (non-hydrogen) atoms. The monoisotopic (exact) mass is 261 g/mol. The molecule has 0 saturated heterocycles. The lowest BCUT2D eigenvalue weighted by Crippen LogP contribution is -2.10. The van der Waals surface area contributed by atoms with Crippen LogP contribution in [0.1, 0.15) is 0 Å². The molecule has 0 atom stereocenters. The van der Waals surface area contributed by atoms with Gasteiger partial charge in [0.05, 0.1) is 6.61 Å². The van der Waals surface area contributed by atoms with E-state index in [1.54, 1.807) is 19.1 Å². The maximum absolute atomic E-state index is 4.92. The third kappa shape index (κ3) is 4.67. The Bertz CT molecular complexity index is 257. The molecule has 1 aromatic carbocycles. The van der Waals surface area contributed by atoms with Crippen LogP contribution in [0.5, 0.6) is 0 Å². The molecule has 0 aliphatic heterocycles. The van der Waals surface area contributed by atoms with Crippen molar-refractivity contribution >= 4 is 27.9 Å². The van der Waals surface area contributed by atoms with Crippen molar-refractivity contribution in [2.75, 3.05) is 20.3 Å². The van der Waals surface area contributed by atoms with Gasteiger partial charge < -0.3 is 4.74 Å². The van der Waals surface area contributed by atoms with E-state index in [0.717, 1.165) is 17.6 Å². The van der Waals surface area contributed by atoms with Gasteiger partial charge in [-0.2, -0.15) is 0 Å². The number of nitrogens with one attached hydrogen (secondary N) is 1. The van der Waals surface area contributed by atoms with Crippen molar-refractivity contribution in [3.63, 3.8) is 0 Å². The Balaban J connectivity index is 2.28. The molecule has 0 spiro atoms. The van der Waals surface area contributed by atoms with Crippen molar-refractivity contribution < 1.29 is 4.74 Å².